The molecule has 1 rings (SSSR count). The Morgan fingerprint density at radius 3 is 2.19 bits per heavy atom. The maximum Gasteiger partial charge on any atom is 0.176 e. The van der Waals surface area contributed by atoms with E-state index in [1.165, 1.54) is 12.1 Å². The largest absolute Gasteiger partial charge is 0.507 e. The van der Waals surface area contributed by atoms with Crippen LogP contribution < -0.4 is 0 Å². The predicted octanol–water partition coefficient (Wildman–Crippen LogP) is 2.44. The van der Waals surface area contributed by atoms with E-state index in [0.717, 1.165) is 0 Å². The fourth-order valence-corrected chi connectivity index (χ4v) is 1.54. The number of phenolic OH excluding ortho intramolecular Hbond substituents is 1. The van der Waals surface area contributed by atoms with Crippen molar-refractivity contribution in [2.24, 2.45) is 11.8 Å². The van der Waals surface area contributed by atoms with Crippen LogP contribution in [-0.4, -0.2) is 16.7 Å². The lowest BCUT2D eigenvalue weighted by Gasteiger charge is -2.12. The first-order valence-electron chi connectivity index (χ1n) is 5.31. The highest BCUT2D eigenvalue weighted by Gasteiger charge is 2.26. The molecule has 0 aromatic heterocycles. The Kier molecular flexibility index (Phi) is 3.82. The van der Waals surface area contributed by atoms with Gasteiger partial charge in [0, 0.05) is 5.92 Å². The van der Waals surface area contributed by atoms with Gasteiger partial charge in [0.2, 0.25) is 0 Å². The van der Waals surface area contributed by atoms with Gasteiger partial charge >= 0.3 is 0 Å². The number of carbonyl (C=O) groups is 2. The van der Waals surface area contributed by atoms with E-state index in [2.05, 4.69) is 0 Å². The second-order valence-electron chi connectivity index (χ2n) is 4.16. The van der Waals surface area contributed by atoms with Crippen LogP contribution in [0.15, 0.2) is 24.3 Å². The third-order valence-electron chi connectivity index (χ3n) is 2.56. The number of Topliss-reactive ketones (excluding diaryl/α,β-unsaturated/α-hetero) is 2. The van der Waals surface area contributed by atoms with E-state index in [1.807, 2.05) is 0 Å². The molecule has 0 saturated heterocycles. The Morgan fingerprint density at radius 1 is 1.12 bits per heavy atom. The summed E-state index contributed by atoms with van der Waals surface area (Å²) in [5.41, 5.74) is 0.212. The molecule has 0 spiro atoms. The van der Waals surface area contributed by atoms with Crippen molar-refractivity contribution in [3.63, 3.8) is 0 Å². The van der Waals surface area contributed by atoms with Crippen molar-refractivity contribution in [3.8, 4) is 5.75 Å². The fourth-order valence-electron chi connectivity index (χ4n) is 1.54. The Labute approximate surface area is 95.1 Å². The molecule has 0 fully saturated rings. The third-order valence-corrected chi connectivity index (χ3v) is 2.56. The minimum Gasteiger partial charge on any atom is -0.507 e. The molecular weight excluding hydrogens is 204 g/mol. The molecule has 3 heteroatoms. The Hall–Kier alpha value is -1.64. The summed E-state index contributed by atoms with van der Waals surface area (Å²) in [5, 5.41) is 9.52. The van der Waals surface area contributed by atoms with Gasteiger partial charge in [-0.05, 0) is 19.1 Å². The lowest BCUT2D eigenvalue weighted by atomic mass is 9.90. The van der Waals surface area contributed by atoms with Gasteiger partial charge in [-0.3, -0.25) is 9.59 Å². The standard InChI is InChI=1S/C13H16O3/c1-8(2)12(15)9(3)13(16)10-6-4-5-7-11(10)14/h4-9,14H,1-3H3. The van der Waals surface area contributed by atoms with Crippen molar-refractivity contribution in [3.05, 3.63) is 29.8 Å². The summed E-state index contributed by atoms with van der Waals surface area (Å²) < 4.78 is 0. The average molecular weight is 220 g/mol. The summed E-state index contributed by atoms with van der Waals surface area (Å²) >= 11 is 0. The molecule has 0 aliphatic heterocycles. The van der Waals surface area contributed by atoms with Crippen molar-refractivity contribution in [1.82, 2.24) is 0 Å². The highest BCUT2D eigenvalue weighted by atomic mass is 16.3. The molecule has 0 heterocycles. The highest BCUT2D eigenvalue weighted by molar-refractivity contribution is 6.11. The maximum absolute atomic E-state index is 11.9. The molecule has 0 amide bonds. The summed E-state index contributed by atoms with van der Waals surface area (Å²) in [6.07, 6.45) is 0. The summed E-state index contributed by atoms with van der Waals surface area (Å²) in [6.45, 7) is 5.10. The monoisotopic (exact) mass is 220 g/mol. The van der Waals surface area contributed by atoms with Crippen LogP contribution >= 0.6 is 0 Å². The highest BCUT2D eigenvalue weighted by Crippen LogP contribution is 2.21. The number of hydrogen-bond donors (Lipinski definition) is 1. The lowest BCUT2D eigenvalue weighted by Crippen LogP contribution is -2.25. The number of phenols is 1. The summed E-state index contributed by atoms with van der Waals surface area (Å²) in [7, 11) is 0. The Balaban J connectivity index is 2.95. The van der Waals surface area contributed by atoms with Crippen molar-refractivity contribution < 1.29 is 14.7 Å². The van der Waals surface area contributed by atoms with Gasteiger partial charge in [0.1, 0.15) is 11.5 Å². The van der Waals surface area contributed by atoms with E-state index in [0.29, 0.717) is 0 Å². The van der Waals surface area contributed by atoms with E-state index in [9.17, 15) is 14.7 Å². The van der Waals surface area contributed by atoms with Crippen molar-refractivity contribution in [1.29, 1.82) is 0 Å². The number of ketones is 2. The molecule has 1 aromatic rings. The van der Waals surface area contributed by atoms with Gasteiger partial charge in [0.05, 0.1) is 11.5 Å². The van der Waals surface area contributed by atoms with E-state index in [4.69, 9.17) is 0 Å². The van der Waals surface area contributed by atoms with Crippen molar-refractivity contribution >= 4 is 11.6 Å². The number of aromatic hydroxyl groups is 1. The van der Waals surface area contributed by atoms with Crippen LogP contribution in [0.3, 0.4) is 0 Å². The molecule has 86 valence electrons. The molecule has 0 aliphatic carbocycles. The Morgan fingerprint density at radius 2 is 1.69 bits per heavy atom. The van der Waals surface area contributed by atoms with Crippen LogP contribution in [-0.2, 0) is 4.79 Å². The molecule has 1 aromatic carbocycles. The van der Waals surface area contributed by atoms with Gasteiger partial charge in [-0.15, -0.1) is 0 Å². The summed E-state index contributed by atoms with van der Waals surface area (Å²) in [5.74, 6) is -1.38. The van der Waals surface area contributed by atoms with Gasteiger partial charge < -0.3 is 5.11 Å². The fraction of sp³-hybridized carbons (Fsp3) is 0.385. The zero-order valence-electron chi connectivity index (χ0n) is 9.73. The van der Waals surface area contributed by atoms with Gasteiger partial charge in [-0.25, -0.2) is 0 Å². The molecule has 0 bridgehead atoms. The van der Waals surface area contributed by atoms with E-state index in [-0.39, 0.29) is 28.8 Å². The number of benzene rings is 1. The van der Waals surface area contributed by atoms with E-state index in [1.54, 1.807) is 32.9 Å². The second-order valence-corrected chi connectivity index (χ2v) is 4.16. The molecule has 0 radical (unpaired) electrons. The van der Waals surface area contributed by atoms with Crippen molar-refractivity contribution in [2.75, 3.05) is 0 Å². The topological polar surface area (TPSA) is 54.4 Å². The zero-order chi connectivity index (χ0) is 12.3. The molecule has 3 nitrogen and oxygen atoms in total. The molecular formula is C13H16O3. The van der Waals surface area contributed by atoms with Crippen LogP contribution in [0.25, 0.3) is 0 Å². The van der Waals surface area contributed by atoms with Crippen LogP contribution in [0.1, 0.15) is 31.1 Å². The quantitative estimate of drug-likeness (QED) is 0.626. The number of carbonyl (C=O) groups excluding carboxylic acids is 2. The number of hydrogen-bond acceptors (Lipinski definition) is 3. The number of rotatable bonds is 4. The predicted molar refractivity (Wildman–Crippen MR) is 61.4 cm³/mol. The first-order valence-corrected chi connectivity index (χ1v) is 5.31. The minimum atomic E-state index is -0.701. The van der Waals surface area contributed by atoms with Crippen LogP contribution in [0.5, 0.6) is 5.75 Å². The normalized spacial score (nSPS) is 12.5. The first-order chi connectivity index (χ1) is 7.45. The number of para-hydroxylation sites is 1. The van der Waals surface area contributed by atoms with Gasteiger partial charge in [0.25, 0.3) is 0 Å². The van der Waals surface area contributed by atoms with Gasteiger partial charge in [-0.1, -0.05) is 26.0 Å². The molecule has 0 saturated carbocycles. The molecule has 1 unspecified atom stereocenters. The third kappa shape index (κ3) is 2.48. The minimum absolute atomic E-state index is 0.0732. The molecule has 0 aliphatic rings. The maximum atomic E-state index is 11.9. The first kappa shape index (κ1) is 12.4. The van der Waals surface area contributed by atoms with Crippen LogP contribution in [0.2, 0.25) is 0 Å². The van der Waals surface area contributed by atoms with Gasteiger partial charge in [-0.2, -0.15) is 0 Å². The zero-order valence-corrected chi connectivity index (χ0v) is 9.73. The molecule has 1 atom stereocenters. The SMILES string of the molecule is CC(C)C(=O)C(C)C(=O)c1ccccc1O. The smallest absolute Gasteiger partial charge is 0.176 e. The van der Waals surface area contributed by atoms with Gasteiger partial charge in [0.15, 0.2) is 5.78 Å². The molecule has 1 N–H and O–H groups in total. The van der Waals surface area contributed by atoms with E-state index >= 15 is 0 Å². The van der Waals surface area contributed by atoms with E-state index < -0.39 is 5.92 Å². The van der Waals surface area contributed by atoms with Crippen LogP contribution in [0.4, 0.5) is 0 Å². The molecule has 16 heavy (non-hydrogen) atoms. The lowest BCUT2D eigenvalue weighted by molar-refractivity contribution is -0.123. The van der Waals surface area contributed by atoms with Crippen molar-refractivity contribution in [2.45, 2.75) is 20.8 Å². The average Bonchev–Trinajstić information content (AvgIpc) is 2.26. The Bertz CT molecular complexity index is 407. The summed E-state index contributed by atoms with van der Waals surface area (Å²) in [6, 6.07) is 6.28. The van der Waals surface area contributed by atoms with Crippen LogP contribution in [0, 0.1) is 11.8 Å². The summed E-state index contributed by atoms with van der Waals surface area (Å²) in [4.78, 5) is 23.6. The second kappa shape index (κ2) is 4.92.